The van der Waals surface area contributed by atoms with E-state index in [4.69, 9.17) is 9.47 Å². The summed E-state index contributed by atoms with van der Waals surface area (Å²) < 4.78 is 22.2. The first kappa shape index (κ1) is 124. The number of alkyl carbamates (subject to hydrolysis) is 2. The number of hydrogen-bond acceptors (Lipinski definition) is 26. The molecule has 39 nitrogen and oxygen atoms in total. The molecule has 134 heavy (non-hydrogen) atoms. The van der Waals surface area contributed by atoms with Crippen molar-refractivity contribution in [2.24, 2.45) is 94.0 Å². The van der Waals surface area contributed by atoms with Gasteiger partial charge < -0.3 is 52.0 Å². The minimum atomic E-state index is -0.650. The second-order valence-corrected chi connectivity index (χ2v) is 41.8. The molecule has 0 radical (unpaired) electrons. The van der Waals surface area contributed by atoms with E-state index in [0.717, 1.165) is 114 Å². The van der Waals surface area contributed by atoms with E-state index in [0.29, 0.717) is 123 Å². The molecule has 12 unspecified atom stereocenters. The number of imide groups is 5. The molecule has 0 spiro atoms. The number of aliphatic imine (C=N–C) groups is 5. The molecule has 747 valence electrons. The summed E-state index contributed by atoms with van der Waals surface area (Å²) >= 11 is 1.42. The fourth-order valence-electron chi connectivity index (χ4n) is 21.1. The zero-order valence-electron chi connectivity index (χ0n) is 80.9. The molecule has 0 aliphatic heterocycles. The van der Waals surface area contributed by atoms with Gasteiger partial charge in [0.25, 0.3) is 0 Å². The van der Waals surface area contributed by atoms with Crippen molar-refractivity contribution in [3.05, 3.63) is 76.7 Å². The summed E-state index contributed by atoms with van der Waals surface area (Å²) in [6.07, 6.45) is 30.6. The van der Waals surface area contributed by atoms with Gasteiger partial charge >= 0.3 is 68.1 Å². The molecule has 6 rings (SSSR count). The van der Waals surface area contributed by atoms with Crippen molar-refractivity contribution in [1.82, 2.24) is 67.0 Å². The van der Waals surface area contributed by atoms with E-state index in [9.17, 15) is 90.8 Å². The Hall–Kier alpha value is -11.6. The van der Waals surface area contributed by atoms with Crippen LogP contribution < -0.4 is 42.5 Å². The van der Waals surface area contributed by atoms with Crippen LogP contribution in [0.25, 0.3) is 0 Å². The van der Waals surface area contributed by atoms with Crippen molar-refractivity contribution in [3.63, 3.8) is 0 Å². The molecule has 0 aromatic heterocycles. The summed E-state index contributed by atoms with van der Waals surface area (Å²) in [5.74, 6) is 0. The normalized spacial score (nSPS) is 25.9. The van der Waals surface area contributed by atoms with Gasteiger partial charge in [-0.1, -0.05) is 172 Å². The number of hydrogen-bond donors (Lipinski definition) is 8. The van der Waals surface area contributed by atoms with Gasteiger partial charge in [0.2, 0.25) is 68.9 Å². The van der Waals surface area contributed by atoms with Gasteiger partial charge in [-0.05, 0) is 187 Å². The molecule has 12 atom stereocenters. The number of carbonyl (C=O) groups excluding carboxylic acids is 18. The summed E-state index contributed by atoms with van der Waals surface area (Å²) in [7, 11) is 0. The first-order valence-corrected chi connectivity index (χ1v) is 44.1. The Morgan fingerprint density at radius 2 is 0.582 bits per heavy atom. The van der Waals surface area contributed by atoms with E-state index in [1.165, 1.54) is 35.8 Å². The molecule has 6 fully saturated rings. The summed E-state index contributed by atoms with van der Waals surface area (Å²) in [6, 6.07) is -3.18. The Morgan fingerprint density at radius 3 is 0.813 bits per heavy atom. The van der Waals surface area contributed by atoms with Crippen LogP contribution in [0.15, 0.2) is 106 Å². The SMILES string of the molecule is C.C=CN(C=O)C(=O)NC1CC(C)(C)CC(C)(CN=C=O)C1.C=CN(C=O)C(=O)NC1CC(C)(C)CC(C)(CN=C=O)C1.C=CN(C=O)C(=O)NC1CC(C)(C)CC(C)(CNC(=O)OCCOC(=O)NCC2(C)CC(NC(=O)N(C=C)C=O)CC(C)(C)C2)C1.C=CN(C=O)C(=O)NCC1(C)CC(N=C=O)CC(C)(C)C1.C=CNC=O.CC1(C)CC(N=C=O)CC(C)(CN=C=O)C1.F[N]=[V]. The van der Waals surface area contributed by atoms with Crippen molar-refractivity contribution < 1.29 is 117 Å². The van der Waals surface area contributed by atoms with Crippen LogP contribution in [0.5, 0.6) is 0 Å². The summed E-state index contributed by atoms with van der Waals surface area (Å²) in [5.41, 5.74) is -1.34. The van der Waals surface area contributed by atoms with Gasteiger partial charge in [0.15, 0.2) is 0 Å². The quantitative estimate of drug-likeness (QED) is 0.0131. The van der Waals surface area contributed by atoms with E-state index >= 15 is 0 Å². The molecule has 0 aromatic carbocycles. The van der Waals surface area contributed by atoms with Crippen LogP contribution in [0.4, 0.5) is 38.0 Å². The van der Waals surface area contributed by atoms with Crippen molar-refractivity contribution in [2.75, 3.05) is 52.5 Å². The first-order chi connectivity index (χ1) is 61.9. The van der Waals surface area contributed by atoms with Crippen LogP contribution in [0.1, 0.15) is 248 Å². The predicted molar refractivity (Wildman–Crippen MR) is 499 cm³/mol. The minimum absolute atomic E-state index is 0. The third-order valence-corrected chi connectivity index (χ3v) is 23.4. The number of ether oxygens (including phenoxy) is 2. The van der Waals surface area contributed by atoms with Crippen LogP contribution >= 0.6 is 0 Å². The van der Waals surface area contributed by atoms with E-state index in [-0.39, 0.29) is 122 Å². The maximum atomic E-state index is 12.4. The molecule has 18 amide bonds. The van der Waals surface area contributed by atoms with E-state index in [1.807, 2.05) is 17.9 Å². The molecule has 6 aliphatic carbocycles. The third-order valence-electron chi connectivity index (χ3n) is 23.4. The molecular weight excluding hydrogens is 1770 g/mol. The van der Waals surface area contributed by atoms with Crippen molar-refractivity contribution >= 4 is 111 Å². The van der Waals surface area contributed by atoms with Crippen molar-refractivity contribution in [1.29, 1.82) is 0 Å². The van der Waals surface area contributed by atoms with Crippen LogP contribution in [-0.4, -0.2) is 224 Å². The summed E-state index contributed by atoms with van der Waals surface area (Å²) in [5, 5.41) is 22.0. The van der Waals surface area contributed by atoms with E-state index in [1.54, 1.807) is 30.4 Å². The average molecular weight is 1920 g/mol. The third kappa shape index (κ3) is 48.3. The van der Waals surface area contributed by atoms with Crippen LogP contribution in [0.2, 0.25) is 0 Å². The second-order valence-electron chi connectivity index (χ2n) is 41.6. The number of carbonyl (C=O) groups is 13. The zero-order valence-corrected chi connectivity index (χ0v) is 82.3. The van der Waals surface area contributed by atoms with Crippen LogP contribution in [-0.2, 0) is 79.4 Å². The molecule has 0 aromatic rings. The van der Waals surface area contributed by atoms with Crippen molar-refractivity contribution in [2.45, 2.75) is 284 Å². The van der Waals surface area contributed by atoms with Gasteiger partial charge in [-0.25, -0.2) is 107 Å². The van der Waals surface area contributed by atoms with Crippen LogP contribution in [0.3, 0.4) is 0 Å². The van der Waals surface area contributed by atoms with E-state index < -0.39 is 42.3 Å². The van der Waals surface area contributed by atoms with Gasteiger partial charge in [-0.3, -0.25) is 28.8 Å². The monoisotopic (exact) mass is 1920 g/mol. The summed E-state index contributed by atoms with van der Waals surface area (Å²) in [6.45, 7) is 60.1. The Bertz CT molecular complexity index is 4030. The number of urea groups is 5. The Balaban J connectivity index is 0. The first-order valence-electron chi connectivity index (χ1n) is 43.5. The fourth-order valence-corrected chi connectivity index (χ4v) is 21.1. The van der Waals surface area contributed by atoms with Gasteiger partial charge in [-0.15, -0.1) is 0 Å². The molecule has 6 saturated carbocycles. The Kier molecular flexibility index (Phi) is 54.3. The Labute approximate surface area is 798 Å². The molecule has 0 bridgehead atoms. The summed E-state index contributed by atoms with van der Waals surface area (Å²) in [4.78, 5) is 224. The molecule has 0 heterocycles. The number of amides is 18. The number of nitrogens with one attached hydrogen (secondary N) is 8. The topological polar surface area (TPSA) is 512 Å². The standard InChI is InChI=1S/C32H52N6O8.3C15H23N3O3.C12H18N2O2.C3H5NO.CH4.FN.V/c1-9-37(21-39)25(41)35-23-13-29(3,4)17-31(7,15-23)19-33-27(43)45-11-12-46-28(44)34-20-32(8)16-24(14-30(5,6)18-32)36-26(42)38(10-2)22-40;1-5-18(11-20)13(21)16-9-15(4)7-12(17-10-19)6-14(2,3)8-15;2*1-5-18(11-20)13(21)17-12-6-14(2,3)8-15(4,7-12)9-16-10-19;1-11(2)4-10(14-9-16)5-12(3,6-11)7-13-8-15;1-2-4-3-5;;1-2;/h9-10,21-24H,1-2,11-20H2,3-8H3,(H,33,43)(H,34,44)(H,35,41)(H,36,42);5,11-12H,1,6-9H2,2-4H3,(H,16,21);2*5,11-12H,1,6-9H2,2-4H3,(H,17,21);10H,4-7H2,1-3H3;2-3H,1H2,(H,4,5);1H4;;. The second kappa shape index (κ2) is 58.5. The van der Waals surface area contributed by atoms with E-state index in [2.05, 4.69) is 218 Å². The molecule has 6 aliphatic rings. The number of nitrogens with zero attached hydrogens (tertiary/aromatic N) is 11. The molecular formula is C93H148FN19O20V. The zero-order chi connectivity index (χ0) is 102. The van der Waals surface area contributed by atoms with Crippen LogP contribution in [0, 0.1) is 65.0 Å². The molecule has 8 N–H and O–H groups in total. The average Bonchev–Trinajstić information content (AvgIpc) is 0.890. The van der Waals surface area contributed by atoms with Gasteiger partial charge in [0.1, 0.15) is 13.2 Å². The van der Waals surface area contributed by atoms with Gasteiger partial charge in [0, 0.05) is 74.8 Å². The fraction of sp³-hybridized carbons (Fsp3) is 0.677. The van der Waals surface area contributed by atoms with Gasteiger partial charge in [0.05, 0.1) is 31.7 Å². The molecule has 0 saturated heterocycles. The van der Waals surface area contributed by atoms with Gasteiger partial charge in [-0.2, -0.15) is 0 Å². The number of isocyanates is 5. The predicted octanol–water partition coefficient (Wildman–Crippen LogP) is 14.2. The number of halogens is 1. The van der Waals surface area contributed by atoms with Crippen molar-refractivity contribution in [3.8, 4) is 0 Å². The number of rotatable bonds is 33. The Morgan fingerprint density at radius 1 is 0.358 bits per heavy atom. The maximum absolute atomic E-state index is 12.4. The molecule has 41 heteroatoms.